The Morgan fingerprint density at radius 3 is 2.97 bits per heavy atom. The van der Waals surface area contributed by atoms with Crippen LogP contribution >= 0.6 is 0 Å². The van der Waals surface area contributed by atoms with Crippen LogP contribution in [0.15, 0.2) is 75.9 Å². The summed E-state index contributed by atoms with van der Waals surface area (Å²) in [5, 5.41) is 5.64. The van der Waals surface area contributed by atoms with Crippen molar-refractivity contribution in [2.24, 2.45) is 0 Å². The first-order chi connectivity index (χ1) is 16.3. The van der Waals surface area contributed by atoms with E-state index in [0.717, 1.165) is 42.5 Å². The molecule has 1 atom stereocenters. The molecule has 33 heavy (non-hydrogen) atoms. The molecule has 1 aliphatic rings. The second-order valence-corrected chi connectivity index (χ2v) is 8.14. The summed E-state index contributed by atoms with van der Waals surface area (Å²) in [6, 6.07) is 17.1. The molecule has 1 amide bonds. The molecule has 0 spiro atoms. The van der Waals surface area contributed by atoms with Crippen molar-refractivity contribution in [2.45, 2.75) is 25.3 Å². The highest BCUT2D eigenvalue weighted by Crippen LogP contribution is 2.28. The van der Waals surface area contributed by atoms with Gasteiger partial charge in [-0.15, -0.1) is 5.10 Å². The Morgan fingerprint density at radius 2 is 2.09 bits per heavy atom. The van der Waals surface area contributed by atoms with Crippen LogP contribution in [-0.4, -0.2) is 44.6 Å². The summed E-state index contributed by atoms with van der Waals surface area (Å²) in [6.07, 6.45) is 5.95. The highest BCUT2D eigenvalue weighted by atomic mass is 16.5. The zero-order valence-electron chi connectivity index (χ0n) is 17.9. The normalized spacial score (nSPS) is 16.1. The molecule has 4 aromatic heterocycles. The zero-order valence-corrected chi connectivity index (χ0v) is 17.9. The maximum Gasteiger partial charge on any atom is 0.289 e. The van der Waals surface area contributed by atoms with E-state index in [-0.39, 0.29) is 11.9 Å². The summed E-state index contributed by atoms with van der Waals surface area (Å²) in [6.45, 7) is 1.20. The molecule has 0 aliphatic carbocycles. The van der Waals surface area contributed by atoms with Gasteiger partial charge in [0, 0.05) is 30.5 Å². The number of fused-ring (bicyclic) bond motifs is 2. The molecular formula is C25H22N4O4. The predicted molar refractivity (Wildman–Crippen MR) is 121 cm³/mol. The monoisotopic (exact) mass is 442 g/mol. The van der Waals surface area contributed by atoms with Gasteiger partial charge >= 0.3 is 0 Å². The number of hydrogen-bond donors (Lipinski definition) is 0. The van der Waals surface area contributed by atoms with Crippen LogP contribution < -0.4 is 4.74 Å². The van der Waals surface area contributed by atoms with Gasteiger partial charge in [-0.2, -0.15) is 0 Å². The molecule has 6 rings (SSSR count). The molecule has 0 N–H and O–H groups in total. The van der Waals surface area contributed by atoms with Crippen LogP contribution in [0.2, 0.25) is 0 Å². The Morgan fingerprint density at radius 1 is 1.15 bits per heavy atom. The fourth-order valence-electron chi connectivity index (χ4n) is 4.45. The largest absolute Gasteiger partial charge is 0.477 e. The second kappa shape index (κ2) is 8.12. The van der Waals surface area contributed by atoms with Crippen LogP contribution in [0.3, 0.4) is 0 Å². The minimum atomic E-state index is -0.0593. The molecule has 1 aliphatic heterocycles. The van der Waals surface area contributed by atoms with E-state index in [1.807, 2.05) is 47.4 Å². The van der Waals surface area contributed by atoms with Crippen molar-refractivity contribution in [1.29, 1.82) is 0 Å². The first kappa shape index (κ1) is 19.6. The number of carbonyl (C=O) groups is 1. The van der Waals surface area contributed by atoms with E-state index in [2.05, 4.69) is 10.1 Å². The Kier molecular flexibility index (Phi) is 4.83. The van der Waals surface area contributed by atoms with Gasteiger partial charge in [0.15, 0.2) is 17.2 Å². The third-order valence-electron chi connectivity index (χ3n) is 6.09. The number of para-hydroxylation sites is 1. The smallest absolute Gasteiger partial charge is 0.289 e. The van der Waals surface area contributed by atoms with E-state index in [4.69, 9.17) is 13.6 Å². The number of imidazole rings is 1. The number of ether oxygens (including phenoxy) is 1. The van der Waals surface area contributed by atoms with Crippen LogP contribution in [0.1, 0.15) is 29.8 Å². The van der Waals surface area contributed by atoms with Crippen LogP contribution in [0.25, 0.3) is 28.1 Å². The average molecular weight is 442 g/mol. The molecule has 0 radical (unpaired) electrons. The lowest BCUT2D eigenvalue weighted by molar-refractivity contribution is 0.0686. The molecule has 0 bridgehead atoms. The maximum atomic E-state index is 12.7. The minimum Gasteiger partial charge on any atom is -0.477 e. The van der Waals surface area contributed by atoms with Gasteiger partial charge in [0.05, 0.1) is 19.1 Å². The van der Waals surface area contributed by atoms with Crippen molar-refractivity contribution >= 4 is 22.5 Å². The predicted octanol–water partition coefficient (Wildman–Crippen LogP) is 4.81. The van der Waals surface area contributed by atoms with Crippen molar-refractivity contribution in [3.8, 4) is 17.3 Å². The summed E-state index contributed by atoms with van der Waals surface area (Å²) in [4.78, 5) is 19.0. The maximum absolute atomic E-state index is 12.7. The molecule has 0 unspecified atom stereocenters. The number of amides is 1. The van der Waals surface area contributed by atoms with Crippen LogP contribution in [0.5, 0.6) is 5.88 Å². The fraction of sp³-hybridized carbons (Fsp3) is 0.240. The standard InChI is InChI=1S/C25H22N4O4/c30-25(21-8-4-13-31-21)28-12-3-6-18(28)11-14-32-24-10-9-23-26-16-19(29(23)27-24)22-15-17-5-1-2-7-20(17)33-22/h1-2,4-5,7-10,13,15-16,18H,3,6,11-12,14H2/t18-/m0/s1. The van der Waals surface area contributed by atoms with Gasteiger partial charge in [-0.3, -0.25) is 4.79 Å². The van der Waals surface area contributed by atoms with Crippen LogP contribution in [0, 0.1) is 0 Å². The number of carbonyl (C=O) groups excluding carboxylic acids is 1. The number of nitrogens with zero attached hydrogens (tertiary/aromatic N) is 4. The van der Waals surface area contributed by atoms with E-state index >= 15 is 0 Å². The van der Waals surface area contributed by atoms with Crippen LogP contribution in [-0.2, 0) is 0 Å². The summed E-state index contributed by atoms with van der Waals surface area (Å²) in [5.41, 5.74) is 2.29. The summed E-state index contributed by atoms with van der Waals surface area (Å²) in [5.74, 6) is 1.52. The lowest BCUT2D eigenvalue weighted by atomic mass is 10.1. The first-order valence-corrected chi connectivity index (χ1v) is 11.1. The molecule has 5 heterocycles. The van der Waals surface area contributed by atoms with Crippen molar-refractivity contribution in [3.05, 3.63) is 72.8 Å². The van der Waals surface area contributed by atoms with Crippen molar-refractivity contribution in [3.63, 3.8) is 0 Å². The zero-order chi connectivity index (χ0) is 22.2. The summed E-state index contributed by atoms with van der Waals surface area (Å²) in [7, 11) is 0. The van der Waals surface area contributed by atoms with Gasteiger partial charge in [-0.05, 0) is 43.2 Å². The molecule has 0 saturated carbocycles. The second-order valence-electron chi connectivity index (χ2n) is 8.14. The number of likely N-dealkylation sites (tertiary alicyclic amines) is 1. The van der Waals surface area contributed by atoms with Crippen molar-refractivity contribution in [1.82, 2.24) is 19.5 Å². The summed E-state index contributed by atoms with van der Waals surface area (Å²) < 4.78 is 19.0. The van der Waals surface area contributed by atoms with Crippen molar-refractivity contribution < 1.29 is 18.4 Å². The molecule has 8 nitrogen and oxygen atoms in total. The Hall–Kier alpha value is -4.07. The van der Waals surface area contributed by atoms with Gasteiger partial charge in [0.2, 0.25) is 5.88 Å². The Bertz CT molecular complexity index is 1390. The van der Waals surface area contributed by atoms with Gasteiger partial charge in [-0.1, -0.05) is 18.2 Å². The minimum absolute atomic E-state index is 0.0593. The number of furan rings is 2. The topological polar surface area (TPSA) is 86.0 Å². The van der Waals surface area contributed by atoms with Gasteiger partial charge < -0.3 is 18.5 Å². The molecule has 1 fully saturated rings. The van der Waals surface area contributed by atoms with Gasteiger partial charge in [-0.25, -0.2) is 9.50 Å². The molecule has 1 aromatic carbocycles. The Labute approximate surface area is 189 Å². The summed E-state index contributed by atoms with van der Waals surface area (Å²) >= 11 is 0. The van der Waals surface area contributed by atoms with E-state index < -0.39 is 0 Å². The lowest BCUT2D eigenvalue weighted by Crippen LogP contribution is -2.36. The van der Waals surface area contributed by atoms with E-state index in [9.17, 15) is 4.79 Å². The van der Waals surface area contributed by atoms with E-state index in [1.165, 1.54) is 6.26 Å². The van der Waals surface area contributed by atoms with E-state index in [1.54, 1.807) is 22.8 Å². The van der Waals surface area contributed by atoms with Crippen LogP contribution in [0.4, 0.5) is 0 Å². The molecule has 1 saturated heterocycles. The highest BCUT2D eigenvalue weighted by molar-refractivity contribution is 5.91. The molecule has 8 heteroatoms. The number of rotatable bonds is 6. The highest BCUT2D eigenvalue weighted by Gasteiger charge is 2.30. The van der Waals surface area contributed by atoms with Crippen molar-refractivity contribution in [2.75, 3.05) is 13.2 Å². The number of benzene rings is 1. The third-order valence-corrected chi connectivity index (χ3v) is 6.09. The number of hydrogen-bond acceptors (Lipinski definition) is 6. The fourth-order valence-corrected chi connectivity index (χ4v) is 4.45. The number of aromatic nitrogens is 3. The molecular weight excluding hydrogens is 420 g/mol. The molecule has 5 aromatic rings. The van der Waals surface area contributed by atoms with Gasteiger partial charge in [0.1, 0.15) is 11.3 Å². The van der Waals surface area contributed by atoms with E-state index in [0.29, 0.717) is 29.7 Å². The lowest BCUT2D eigenvalue weighted by Gasteiger charge is -2.23. The molecule has 166 valence electrons. The average Bonchev–Trinajstić information content (AvgIpc) is 3.64. The van der Waals surface area contributed by atoms with Gasteiger partial charge in [0.25, 0.3) is 5.91 Å². The third kappa shape index (κ3) is 3.63. The Balaban J connectivity index is 1.16. The SMILES string of the molecule is O=C(c1ccco1)N1CCC[C@H]1CCOc1ccc2ncc(-c3cc4ccccc4o3)n2n1. The first-order valence-electron chi connectivity index (χ1n) is 11.1. The quantitative estimate of drug-likeness (QED) is 0.375.